The summed E-state index contributed by atoms with van der Waals surface area (Å²) < 4.78 is 0. The topological polar surface area (TPSA) is 52.6 Å². The molecular formula is C28H35N5OS. The normalized spacial score (nSPS) is 21.6. The number of hydrogen-bond donors (Lipinski definition) is 0. The molecule has 5 rings (SSSR count). The summed E-state index contributed by atoms with van der Waals surface area (Å²) in [6.45, 7) is 6.40. The molecular weight excluding hydrogens is 454 g/mol. The molecule has 3 aliphatic rings. The minimum absolute atomic E-state index is 0.293. The molecule has 1 amide bonds. The standard InChI is InChI=1S/C28H35N5OS/c1-2-24-20-25-27(29-21-30-28(25)35-24)33-17-15-32(16-18-33)26(34)11-7-4-8-13-31-14-12-22-9-5-3-6-10-23(31)19-22/h5-6,9-10,12,14,19-21,23H,2-4,7-8,11,13,15-18H2,1H3/b9-5-,10-6-. The quantitative estimate of drug-likeness (QED) is 0.381. The molecule has 1 atom stereocenters. The van der Waals surface area contributed by atoms with Crippen LogP contribution in [0, 0.1) is 0 Å². The van der Waals surface area contributed by atoms with Gasteiger partial charge in [-0.1, -0.05) is 43.7 Å². The lowest BCUT2D eigenvalue weighted by atomic mass is 10.0. The van der Waals surface area contributed by atoms with Gasteiger partial charge >= 0.3 is 0 Å². The number of amides is 1. The van der Waals surface area contributed by atoms with E-state index in [1.54, 1.807) is 17.7 Å². The Balaban J connectivity index is 1.04. The number of carbonyl (C=O) groups is 1. The van der Waals surface area contributed by atoms with Gasteiger partial charge in [0.1, 0.15) is 17.0 Å². The Labute approximate surface area is 212 Å². The Bertz CT molecular complexity index is 1160. The molecule has 184 valence electrons. The monoisotopic (exact) mass is 489 g/mol. The van der Waals surface area contributed by atoms with Gasteiger partial charge in [0.2, 0.25) is 5.91 Å². The van der Waals surface area contributed by atoms with Gasteiger partial charge in [0.15, 0.2) is 0 Å². The number of rotatable bonds is 8. The van der Waals surface area contributed by atoms with Crippen molar-refractivity contribution in [2.45, 2.75) is 51.5 Å². The molecule has 0 radical (unpaired) electrons. The van der Waals surface area contributed by atoms with E-state index in [9.17, 15) is 4.79 Å². The number of aryl methyl sites for hydroxylation is 1. The highest BCUT2D eigenvalue weighted by molar-refractivity contribution is 7.18. The van der Waals surface area contributed by atoms with Crippen LogP contribution in [-0.2, 0) is 11.2 Å². The third-order valence-electron chi connectivity index (χ3n) is 7.07. The zero-order valence-electron chi connectivity index (χ0n) is 20.6. The van der Waals surface area contributed by atoms with Crippen LogP contribution < -0.4 is 4.90 Å². The van der Waals surface area contributed by atoms with Crippen molar-refractivity contribution in [1.29, 1.82) is 0 Å². The van der Waals surface area contributed by atoms with Crippen molar-refractivity contribution in [2.75, 3.05) is 37.6 Å². The lowest BCUT2D eigenvalue weighted by Crippen LogP contribution is -2.49. The van der Waals surface area contributed by atoms with E-state index in [4.69, 9.17) is 0 Å². The van der Waals surface area contributed by atoms with Crippen molar-refractivity contribution >= 4 is 33.3 Å². The molecule has 0 N–H and O–H groups in total. The molecule has 7 heteroatoms. The highest BCUT2D eigenvalue weighted by atomic mass is 32.1. The molecule has 0 spiro atoms. The molecule has 2 aromatic rings. The Morgan fingerprint density at radius 3 is 2.83 bits per heavy atom. The first-order chi connectivity index (χ1) is 17.2. The van der Waals surface area contributed by atoms with Crippen LogP contribution in [-0.4, -0.2) is 64.4 Å². The lowest BCUT2D eigenvalue weighted by molar-refractivity contribution is -0.131. The van der Waals surface area contributed by atoms with Crippen molar-refractivity contribution in [3.63, 3.8) is 0 Å². The number of anilines is 1. The van der Waals surface area contributed by atoms with Crippen molar-refractivity contribution in [3.8, 4) is 0 Å². The summed E-state index contributed by atoms with van der Waals surface area (Å²) >= 11 is 1.75. The van der Waals surface area contributed by atoms with Crippen LogP contribution in [0.4, 0.5) is 5.82 Å². The Morgan fingerprint density at radius 1 is 1.09 bits per heavy atom. The van der Waals surface area contributed by atoms with Crippen LogP contribution in [0.1, 0.15) is 43.9 Å². The van der Waals surface area contributed by atoms with Crippen LogP contribution in [0.15, 0.2) is 60.6 Å². The fraction of sp³-hybridized carbons (Fsp3) is 0.464. The number of piperazine rings is 1. The average molecular weight is 490 g/mol. The molecule has 2 aliphatic heterocycles. The number of thiophene rings is 1. The first-order valence-electron chi connectivity index (χ1n) is 13.0. The summed E-state index contributed by atoms with van der Waals surface area (Å²) in [4.78, 5) is 31.0. The summed E-state index contributed by atoms with van der Waals surface area (Å²) in [7, 11) is 0. The molecule has 2 bridgehead atoms. The second-order valence-corrected chi connectivity index (χ2v) is 10.6. The van der Waals surface area contributed by atoms with E-state index in [-0.39, 0.29) is 0 Å². The first kappa shape index (κ1) is 23.8. The van der Waals surface area contributed by atoms with Crippen molar-refractivity contribution < 1.29 is 4.79 Å². The predicted molar refractivity (Wildman–Crippen MR) is 145 cm³/mol. The van der Waals surface area contributed by atoms with E-state index in [1.807, 2.05) is 4.90 Å². The fourth-order valence-corrected chi connectivity index (χ4v) is 5.95. The zero-order chi connectivity index (χ0) is 24.0. The van der Waals surface area contributed by atoms with Gasteiger partial charge in [-0.3, -0.25) is 4.79 Å². The van der Waals surface area contributed by atoms with Crippen molar-refractivity contribution in [2.24, 2.45) is 0 Å². The second-order valence-electron chi connectivity index (χ2n) is 9.44. The molecule has 1 unspecified atom stereocenters. The van der Waals surface area contributed by atoms with Crippen LogP contribution >= 0.6 is 11.3 Å². The molecule has 1 aliphatic carbocycles. The van der Waals surface area contributed by atoms with Crippen molar-refractivity contribution in [3.05, 3.63) is 65.5 Å². The highest BCUT2D eigenvalue weighted by Crippen LogP contribution is 2.31. The van der Waals surface area contributed by atoms with Crippen LogP contribution in [0.2, 0.25) is 0 Å². The second kappa shape index (κ2) is 11.2. The molecule has 6 nitrogen and oxygen atoms in total. The van der Waals surface area contributed by atoms with Gasteiger partial charge in [0, 0.05) is 50.2 Å². The van der Waals surface area contributed by atoms with E-state index >= 15 is 0 Å². The number of aromatic nitrogens is 2. The summed E-state index contributed by atoms with van der Waals surface area (Å²) in [6, 6.07) is 2.59. The van der Waals surface area contributed by atoms with E-state index < -0.39 is 0 Å². The van der Waals surface area contributed by atoms with Crippen LogP contribution in [0.3, 0.4) is 0 Å². The Kier molecular flexibility index (Phi) is 7.62. The predicted octanol–water partition coefficient (Wildman–Crippen LogP) is 5.10. The molecule has 1 saturated heterocycles. The minimum atomic E-state index is 0.293. The van der Waals surface area contributed by atoms with Crippen LogP contribution in [0.25, 0.3) is 10.2 Å². The average Bonchev–Trinajstić information content (AvgIpc) is 3.31. The molecule has 0 saturated carbocycles. The maximum absolute atomic E-state index is 12.8. The van der Waals surface area contributed by atoms with Gasteiger partial charge in [-0.25, -0.2) is 9.97 Å². The lowest BCUT2D eigenvalue weighted by Gasteiger charge is -2.35. The third-order valence-corrected chi connectivity index (χ3v) is 8.25. The highest BCUT2D eigenvalue weighted by Gasteiger charge is 2.23. The fourth-order valence-electron chi connectivity index (χ4n) is 5.02. The number of carbonyl (C=O) groups excluding carboxylic acids is 1. The minimum Gasteiger partial charge on any atom is -0.368 e. The van der Waals surface area contributed by atoms with Gasteiger partial charge in [-0.05, 0) is 43.4 Å². The molecule has 4 heterocycles. The summed E-state index contributed by atoms with van der Waals surface area (Å²) in [5, 5.41) is 1.15. The number of hydrogen-bond acceptors (Lipinski definition) is 6. The third kappa shape index (κ3) is 5.67. The smallest absolute Gasteiger partial charge is 0.222 e. The van der Waals surface area contributed by atoms with E-state index in [2.05, 4.69) is 75.4 Å². The van der Waals surface area contributed by atoms with Crippen LogP contribution in [0.5, 0.6) is 0 Å². The zero-order valence-corrected chi connectivity index (χ0v) is 21.4. The van der Waals surface area contributed by atoms with Gasteiger partial charge in [0.25, 0.3) is 0 Å². The maximum Gasteiger partial charge on any atom is 0.222 e. The van der Waals surface area contributed by atoms with Gasteiger partial charge in [0.05, 0.1) is 11.4 Å². The summed E-state index contributed by atoms with van der Waals surface area (Å²) in [6.07, 6.45) is 23.2. The number of fused-ring (bicyclic) bond motifs is 2. The Hall–Kier alpha value is -2.93. The first-order valence-corrected chi connectivity index (χ1v) is 13.8. The van der Waals surface area contributed by atoms with E-state index in [0.29, 0.717) is 18.4 Å². The molecule has 2 aromatic heterocycles. The molecule has 0 aromatic carbocycles. The summed E-state index contributed by atoms with van der Waals surface area (Å²) in [5.41, 5.74) is 1.30. The van der Waals surface area contributed by atoms with Crippen molar-refractivity contribution in [1.82, 2.24) is 19.8 Å². The number of unbranched alkanes of at least 4 members (excludes halogenated alkanes) is 2. The Morgan fingerprint density at radius 2 is 1.97 bits per heavy atom. The SMILES string of the molecule is CCc1cc2c(N3CCN(C(=O)CCCCCN4C=CC5=CC4/C=C\C/C=C\5)CC3)ncnc2s1. The summed E-state index contributed by atoms with van der Waals surface area (Å²) in [5.74, 6) is 1.31. The molecule has 35 heavy (non-hydrogen) atoms. The van der Waals surface area contributed by atoms with E-state index in [0.717, 1.165) is 80.9 Å². The molecule has 1 fully saturated rings. The number of allylic oxidation sites excluding steroid dienone is 5. The van der Waals surface area contributed by atoms with Gasteiger partial charge in [-0.15, -0.1) is 11.3 Å². The maximum atomic E-state index is 12.8. The van der Waals surface area contributed by atoms with Gasteiger partial charge in [-0.2, -0.15) is 0 Å². The van der Waals surface area contributed by atoms with E-state index in [1.165, 1.54) is 10.5 Å². The number of nitrogens with zero attached hydrogens (tertiary/aromatic N) is 5. The van der Waals surface area contributed by atoms with Gasteiger partial charge < -0.3 is 14.7 Å². The largest absolute Gasteiger partial charge is 0.368 e.